The number of ether oxygens (including phenoxy) is 1. The molecule has 0 aliphatic carbocycles. The van der Waals surface area contributed by atoms with Crippen LogP contribution in [0.5, 0.6) is 5.75 Å². The highest BCUT2D eigenvalue weighted by Crippen LogP contribution is 2.42. The van der Waals surface area contributed by atoms with Crippen molar-refractivity contribution in [1.82, 2.24) is 35.1 Å². The highest BCUT2D eigenvalue weighted by atomic mass is 79.9. The summed E-state index contributed by atoms with van der Waals surface area (Å²) < 4.78 is 20.0. The highest BCUT2D eigenvalue weighted by molar-refractivity contribution is 9.10. The van der Waals surface area contributed by atoms with Gasteiger partial charge in [0.1, 0.15) is 30.3 Å². The van der Waals surface area contributed by atoms with Crippen molar-refractivity contribution >= 4 is 97.6 Å². The number of hydrogen-bond donors (Lipinski definition) is 3. The first-order valence-corrected chi connectivity index (χ1v) is 24.8. The van der Waals surface area contributed by atoms with Gasteiger partial charge in [0.15, 0.2) is 0 Å². The van der Waals surface area contributed by atoms with Gasteiger partial charge in [-0.15, -0.1) is 0 Å². The van der Waals surface area contributed by atoms with Crippen LogP contribution in [0.25, 0.3) is 11.0 Å². The summed E-state index contributed by atoms with van der Waals surface area (Å²) in [6.45, 7) is 11.8. The molecule has 0 saturated carbocycles. The third-order valence-corrected chi connectivity index (χ3v) is 14.7. The second-order valence-electron chi connectivity index (χ2n) is 17.1. The molecular formula is C45H49BrN11O6P. The van der Waals surface area contributed by atoms with Crippen LogP contribution in [0.15, 0.2) is 65.5 Å². The van der Waals surface area contributed by atoms with Gasteiger partial charge in [0.25, 0.3) is 11.8 Å². The Bertz CT molecular complexity index is 2750. The van der Waals surface area contributed by atoms with Gasteiger partial charge in [-0.1, -0.05) is 0 Å². The molecule has 4 aliphatic heterocycles. The molecular weight excluding hydrogens is 901 g/mol. The van der Waals surface area contributed by atoms with Gasteiger partial charge in [-0.05, 0) is 103 Å². The van der Waals surface area contributed by atoms with Crippen molar-refractivity contribution in [3.63, 3.8) is 0 Å². The van der Waals surface area contributed by atoms with Gasteiger partial charge in [0.2, 0.25) is 17.8 Å². The molecule has 0 spiro atoms. The molecule has 5 aromatic rings. The molecule has 3 aromatic carbocycles. The molecule has 332 valence electrons. The van der Waals surface area contributed by atoms with E-state index >= 15 is 0 Å². The molecule has 3 fully saturated rings. The third-order valence-electron chi connectivity index (χ3n) is 12.5. The van der Waals surface area contributed by atoms with Gasteiger partial charge >= 0.3 is 0 Å². The number of nitrogens with zero attached hydrogens (tertiary/aromatic N) is 8. The topological polar surface area (TPSA) is 195 Å². The Labute approximate surface area is 378 Å². The number of anilines is 6. The fraction of sp³-hybridized carbons (Fsp3) is 0.378. The summed E-state index contributed by atoms with van der Waals surface area (Å²) in [5, 5.41) is 9.57. The lowest BCUT2D eigenvalue weighted by Crippen LogP contribution is -2.54. The van der Waals surface area contributed by atoms with Gasteiger partial charge < -0.3 is 29.7 Å². The lowest BCUT2D eigenvalue weighted by molar-refractivity contribution is -0.136. The Morgan fingerprint density at radius 3 is 2.33 bits per heavy atom. The fourth-order valence-corrected chi connectivity index (χ4v) is 11.0. The molecule has 2 aromatic heterocycles. The van der Waals surface area contributed by atoms with Crippen LogP contribution in [0.3, 0.4) is 0 Å². The molecule has 64 heavy (non-hydrogen) atoms. The van der Waals surface area contributed by atoms with Crippen LogP contribution in [-0.2, 0) is 14.2 Å². The van der Waals surface area contributed by atoms with E-state index in [1.54, 1.807) is 51.2 Å². The molecule has 6 heterocycles. The zero-order chi connectivity index (χ0) is 44.9. The van der Waals surface area contributed by atoms with Gasteiger partial charge in [-0.3, -0.25) is 44.3 Å². The summed E-state index contributed by atoms with van der Waals surface area (Å²) in [4.78, 5) is 77.1. The minimum absolute atomic E-state index is 0.0875. The SMILES string of the molecule is COc1cc(N2CCC(CN3CCN(c4ccc5c(c4)C(=O)N(C4CCC(=O)NC4=O)C5=O)CC3)CC2)c(C)cc1Nc1ncc(Br)c(Nc2ccc3nccnc3c2P(C)(C)=O)n1. The number of amides is 4. The van der Waals surface area contributed by atoms with E-state index in [4.69, 9.17) is 9.72 Å². The van der Waals surface area contributed by atoms with Crippen LogP contribution in [0.4, 0.5) is 34.5 Å². The first-order chi connectivity index (χ1) is 30.7. The summed E-state index contributed by atoms with van der Waals surface area (Å²) in [5.41, 5.74) is 6.30. The number of piperidine rings is 2. The average molecular weight is 951 g/mol. The van der Waals surface area contributed by atoms with Crippen LogP contribution >= 0.6 is 23.1 Å². The molecule has 0 bridgehead atoms. The van der Waals surface area contributed by atoms with Crippen LogP contribution in [0.1, 0.15) is 52.0 Å². The molecule has 3 saturated heterocycles. The number of carbonyl (C=O) groups is 4. The van der Waals surface area contributed by atoms with E-state index in [-0.39, 0.29) is 12.8 Å². The first-order valence-electron chi connectivity index (χ1n) is 21.4. The molecule has 4 aliphatic rings. The van der Waals surface area contributed by atoms with E-state index in [1.165, 1.54) is 0 Å². The Morgan fingerprint density at radius 2 is 1.59 bits per heavy atom. The van der Waals surface area contributed by atoms with Crippen molar-refractivity contribution in [3.05, 3.63) is 82.2 Å². The number of halogens is 1. The molecule has 0 radical (unpaired) electrons. The molecule has 1 atom stereocenters. The van der Waals surface area contributed by atoms with Crippen molar-refractivity contribution in [2.75, 3.05) is 86.7 Å². The number of methoxy groups -OCH3 is 1. The van der Waals surface area contributed by atoms with Gasteiger partial charge in [-0.25, -0.2) is 4.98 Å². The third kappa shape index (κ3) is 8.53. The van der Waals surface area contributed by atoms with Crippen LogP contribution in [0, 0.1) is 12.8 Å². The van der Waals surface area contributed by atoms with E-state index in [1.807, 2.05) is 18.2 Å². The second-order valence-corrected chi connectivity index (χ2v) is 21.1. The maximum atomic E-state index is 13.5. The maximum absolute atomic E-state index is 13.5. The minimum Gasteiger partial charge on any atom is -0.494 e. The number of nitrogens with one attached hydrogen (secondary N) is 3. The van der Waals surface area contributed by atoms with Crippen molar-refractivity contribution in [2.24, 2.45) is 5.92 Å². The van der Waals surface area contributed by atoms with Crippen LogP contribution in [0.2, 0.25) is 0 Å². The number of carbonyl (C=O) groups excluding carboxylic acids is 4. The fourth-order valence-electron chi connectivity index (χ4n) is 9.28. The summed E-state index contributed by atoms with van der Waals surface area (Å²) in [7, 11) is -1.13. The minimum atomic E-state index is -2.78. The van der Waals surface area contributed by atoms with E-state index in [0.29, 0.717) is 61.1 Å². The molecule has 19 heteroatoms. The lowest BCUT2D eigenvalue weighted by atomic mass is 9.95. The number of aryl methyl sites for hydroxylation is 1. The Hall–Kier alpha value is -5.97. The van der Waals surface area contributed by atoms with Crippen molar-refractivity contribution < 1.29 is 28.5 Å². The molecule has 4 amide bonds. The maximum Gasteiger partial charge on any atom is 0.262 e. The predicted molar refractivity (Wildman–Crippen MR) is 249 cm³/mol. The number of benzene rings is 3. The quantitative estimate of drug-likeness (QED) is 0.108. The number of rotatable bonds is 11. The number of piperazine rings is 1. The normalized spacial score (nSPS) is 18.7. The van der Waals surface area contributed by atoms with Gasteiger partial charge in [-0.2, -0.15) is 4.98 Å². The summed E-state index contributed by atoms with van der Waals surface area (Å²) in [6, 6.07) is 12.2. The smallest absolute Gasteiger partial charge is 0.262 e. The standard InChI is InChI=1S/C45H49BrN11O6P/c1-26-21-34(51-45-49-24-31(46)41(53-45)50-33-8-7-32-39(48-14-13-47-32)40(33)64(3,4)62)37(63-2)23-36(26)56-15-11-27(12-16-56)25-54-17-19-55(20-18-54)28-5-6-29-30(22-28)44(61)57(43(29)60)35-9-10-38(58)52-42(35)59/h5-8,13-14,21-24,27,35H,9-12,15-20,25H2,1-4H3,(H,52,58,59)(H2,49,50,51,53). The first kappa shape index (κ1) is 43.3. The van der Waals surface area contributed by atoms with Crippen molar-refractivity contribution in [2.45, 2.75) is 38.6 Å². The van der Waals surface area contributed by atoms with Gasteiger partial charge in [0, 0.05) is 88.3 Å². The molecule has 9 rings (SSSR count). The average Bonchev–Trinajstić information content (AvgIpc) is 3.52. The Kier molecular flexibility index (Phi) is 11.9. The van der Waals surface area contributed by atoms with E-state index in [0.717, 1.165) is 86.2 Å². The number of imide groups is 2. The van der Waals surface area contributed by atoms with Gasteiger partial charge in [0.05, 0.1) is 44.9 Å². The van der Waals surface area contributed by atoms with E-state index < -0.39 is 36.8 Å². The highest BCUT2D eigenvalue weighted by Gasteiger charge is 2.45. The van der Waals surface area contributed by atoms with Crippen LogP contribution in [-0.4, -0.2) is 126 Å². The summed E-state index contributed by atoms with van der Waals surface area (Å²) in [6.07, 6.45) is 7.22. The Morgan fingerprint density at radius 1 is 0.844 bits per heavy atom. The number of hydrogen-bond acceptors (Lipinski definition) is 15. The second kappa shape index (κ2) is 17.5. The predicted octanol–water partition coefficient (Wildman–Crippen LogP) is 5.67. The van der Waals surface area contributed by atoms with Crippen LogP contribution < -0.4 is 35.8 Å². The largest absolute Gasteiger partial charge is 0.494 e. The summed E-state index contributed by atoms with van der Waals surface area (Å²) >= 11 is 3.58. The summed E-state index contributed by atoms with van der Waals surface area (Å²) in [5.74, 6) is 0.0878. The van der Waals surface area contributed by atoms with E-state index in [9.17, 15) is 23.7 Å². The molecule has 1 unspecified atom stereocenters. The van der Waals surface area contributed by atoms with Crippen molar-refractivity contribution in [3.8, 4) is 5.75 Å². The number of fused-ring (bicyclic) bond motifs is 2. The monoisotopic (exact) mass is 949 g/mol. The Balaban J connectivity index is 0.798. The lowest BCUT2D eigenvalue weighted by Gasteiger charge is -2.40. The van der Waals surface area contributed by atoms with E-state index in [2.05, 4.69) is 80.6 Å². The zero-order valence-electron chi connectivity index (χ0n) is 36.1. The molecule has 3 N–H and O–H groups in total. The van der Waals surface area contributed by atoms with Crippen molar-refractivity contribution in [1.29, 1.82) is 0 Å². The number of aromatic nitrogens is 4. The zero-order valence-corrected chi connectivity index (χ0v) is 38.5. The molecule has 17 nitrogen and oxygen atoms in total.